The molecule has 3 aromatic rings. The summed E-state index contributed by atoms with van der Waals surface area (Å²) in [5, 5.41) is 5.21. The maximum atomic E-state index is 14.7. The lowest BCUT2D eigenvalue weighted by molar-refractivity contribution is -0.136. The van der Waals surface area contributed by atoms with Gasteiger partial charge < -0.3 is 19.1 Å². The summed E-state index contributed by atoms with van der Waals surface area (Å²) in [6.07, 6.45) is -0.585. The van der Waals surface area contributed by atoms with Crippen LogP contribution in [-0.4, -0.2) is 41.9 Å². The largest absolute Gasteiger partial charge is 0.495 e. The summed E-state index contributed by atoms with van der Waals surface area (Å²) in [6.45, 7) is -0.114. The molecule has 41 heavy (non-hydrogen) atoms. The molecule has 4 amide bonds. The van der Waals surface area contributed by atoms with E-state index in [0.29, 0.717) is 21.9 Å². The van der Waals surface area contributed by atoms with E-state index in [1.54, 1.807) is 24.3 Å². The number of benzene rings is 3. The molecule has 2 heterocycles. The number of hydrogen-bond acceptors (Lipinski definition) is 7. The van der Waals surface area contributed by atoms with Crippen molar-refractivity contribution in [1.29, 1.82) is 0 Å². The Morgan fingerprint density at radius 2 is 1.83 bits per heavy atom. The second-order valence-corrected chi connectivity index (χ2v) is 10.0. The Kier molecular flexibility index (Phi) is 8.00. The number of piperidine rings is 1. The Balaban J connectivity index is 1.23. The molecule has 2 N–H and O–H groups in total. The number of methoxy groups -OCH3 is 1. The lowest BCUT2D eigenvalue weighted by Gasteiger charge is -2.29. The second-order valence-electron chi connectivity index (χ2n) is 9.21. The summed E-state index contributed by atoms with van der Waals surface area (Å²) in [5.74, 6) is -1.39. The van der Waals surface area contributed by atoms with Gasteiger partial charge in [0.1, 0.15) is 29.9 Å². The fraction of sp³-hybridized carbons (Fsp3) is 0.214. The minimum atomic E-state index is -0.943. The average molecular weight is 602 g/mol. The van der Waals surface area contributed by atoms with E-state index >= 15 is 0 Å². The first kappa shape index (κ1) is 28.2. The van der Waals surface area contributed by atoms with Crippen molar-refractivity contribution in [3.05, 3.63) is 81.1 Å². The maximum absolute atomic E-state index is 14.7. The first-order valence-electron chi connectivity index (χ1n) is 12.3. The van der Waals surface area contributed by atoms with Crippen molar-refractivity contribution < 1.29 is 37.8 Å². The smallest absolute Gasteiger partial charge is 0.412 e. The van der Waals surface area contributed by atoms with Gasteiger partial charge in [0.15, 0.2) is 5.82 Å². The molecule has 212 valence electrons. The zero-order valence-corrected chi connectivity index (χ0v) is 23.0. The van der Waals surface area contributed by atoms with Gasteiger partial charge in [-0.25, -0.2) is 9.18 Å². The number of carbonyl (C=O) groups excluding carboxylic acids is 4. The van der Waals surface area contributed by atoms with E-state index in [1.807, 2.05) is 0 Å². The summed E-state index contributed by atoms with van der Waals surface area (Å²) in [7, 11) is 1.37. The molecule has 1 saturated heterocycles. The summed E-state index contributed by atoms with van der Waals surface area (Å²) in [4.78, 5) is 50.9. The SMILES string of the molecule is COc1c(COC(=O)Nc2ccc(Oc3ccc(Cl)c(Cl)c3)cc2F)ccc2c1C(=O)N(C1CCC(=O)NC1=O)C2. The van der Waals surface area contributed by atoms with Crippen LogP contribution in [0.4, 0.5) is 14.9 Å². The number of amides is 4. The predicted molar refractivity (Wildman–Crippen MR) is 146 cm³/mol. The monoisotopic (exact) mass is 601 g/mol. The number of carbonyl (C=O) groups is 4. The molecule has 1 atom stereocenters. The third-order valence-electron chi connectivity index (χ3n) is 6.59. The minimum absolute atomic E-state index is 0.134. The van der Waals surface area contributed by atoms with Crippen LogP contribution in [0, 0.1) is 5.82 Å². The number of rotatable bonds is 7. The summed E-state index contributed by atoms with van der Waals surface area (Å²) in [5.41, 5.74) is 1.13. The van der Waals surface area contributed by atoms with Crippen LogP contribution in [0.15, 0.2) is 48.5 Å². The summed E-state index contributed by atoms with van der Waals surface area (Å²) >= 11 is 11.9. The number of ether oxygens (including phenoxy) is 3. The molecule has 5 rings (SSSR count). The number of fused-ring (bicyclic) bond motifs is 1. The highest BCUT2D eigenvalue weighted by atomic mass is 35.5. The van der Waals surface area contributed by atoms with Gasteiger partial charge in [0.25, 0.3) is 5.91 Å². The highest BCUT2D eigenvalue weighted by Gasteiger charge is 2.41. The van der Waals surface area contributed by atoms with Crippen molar-refractivity contribution in [2.75, 3.05) is 12.4 Å². The topological polar surface area (TPSA) is 123 Å². The Hall–Kier alpha value is -4.35. The first-order valence-corrected chi connectivity index (χ1v) is 13.1. The average Bonchev–Trinajstić information content (AvgIpc) is 3.27. The zero-order valence-electron chi connectivity index (χ0n) is 21.5. The Morgan fingerprint density at radius 1 is 1.07 bits per heavy atom. The zero-order chi connectivity index (χ0) is 29.3. The lowest BCUT2D eigenvalue weighted by Crippen LogP contribution is -2.52. The van der Waals surface area contributed by atoms with Crippen LogP contribution in [0.2, 0.25) is 10.0 Å². The van der Waals surface area contributed by atoms with E-state index in [0.717, 1.165) is 6.07 Å². The molecule has 0 radical (unpaired) electrons. The van der Waals surface area contributed by atoms with Crippen molar-refractivity contribution >= 4 is 52.7 Å². The standard InChI is InChI=1S/C28H22Cl2FN3O7/c1-39-25-15(3-2-14-12-34(27(37)24(14)25)22-8-9-23(35)33-26(22)36)13-40-28(38)32-21-7-5-17(11-20(21)31)41-16-4-6-18(29)19(30)10-16/h2-7,10-11,22H,8-9,12-13H2,1H3,(H,32,38)(H,33,35,36). The Labute approximate surface area is 243 Å². The fourth-order valence-corrected chi connectivity index (χ4v) is 4.92. The van der Waals surface area contributed by atoms with Gasteiger partial charge in [0.05, 0.1) is 28.4 Å². The van der Waals surface area contributed by atoms with E-state index in [2.05, 4.69) is 10.6 Å². The second kappa shape index (κ2) is 11.6. The van der Waals surface area contributed by atoms with Gasteiger partial charge in [-0.3, -0.25) is 25.0 Å². The third kappa shape index (κ3) is 5.91. The molecule has 0 bridgehead atoms. The Bertz CT molecular complexity index is 1580. The quantitative estimate of drug-likeness (QED) is 0.345. The van der Waals surface area contributed by atoms with Crippen LogP contribution in [0.1, 0.15) is 34.3 Å². The van der Waals surface area contributed by atoms with Crippen LogP contribution in [0.5, 0.6) is 17.2 Å². The maximum Gasteiger partial charge on any atom is 0.412 e. The van der Waals surface area contributed by atoms with Crippen LogP contribution in [-0.2, 0) is 27.5 Å². The van der Waals surface area contributed by atoms with Crippen LogP contribution in [0.3, 0.4) is 0 Å². The minimum Gasteiger partial charge on any atom is -0.495 e. The van der Waals surface area contributed by atoms with Gasteiger partial charge in [-0.15, -0.1) is 0 Å². The van der Waals surface area contributed by atoms with E-state index in [-0.39, 0.29) is 59.7 Å². The lowest BCUT2D eigenvalue weighted by atomic mass is 10.0. The van der Waals surface area contributed by atoms with Crippen molar-refractivity contribution in [2.24, 2.45) is 0 Å². The van der Waals surface area contributed by atoms with Gasteiger partial charge in [0.2, 0.25) is 11.8 Å². The molecular weight excluding hydrogens is 580 g/mol. The first-order chi connectivity index (χ1) is 19.6. The predicted octanol–water partition coefficient (Wildman–Crippen LogP) is 5.44. The number of nitrogens with one attached hydrogen (secondary N) is 2. The molecule has 2 aliphatic heterocycles. The van der Waals surface area contributed by atoms with Gasteiger partial charge in [0, 0.05) is 30.7 Å². The molecular formula is C28H22Cl2FN3O7. The van der Waals surface area contributed by atoms with Crippen molar-refractivity contribution in [3.63, 3.8) is 0 Å². The normalized spacial score (nSPS) is 16.2. The molecule has 10 nitrogen and oxygen atoms in total. The van der Waals surface area contributed by atoms with Gasteiger partial charge >= 0.3 is 6.09 Å². The number of halogens is 3. The van der Waals surface area contributed by atoms with Gasteiger partial charge in [-0.1, -0.05) is 35.3 Å². The van der Waals surface area contributed by atoms with E-state index < -0.39 is 29.8 Å². The van der Waals surface area contributed by atoms with Crippen molar-refractivity contribution in [2.45, 2.75) is 32.0 Å². The molecule has 1 fully saturated rings. The van der Waals surface area contributed by atoms with Gasteiger partial charge in [-0.05, 0) is 36.2 Å². The molecule has 0 aromatic heterocycles. The molecule has 0 saturated carbocycles. The van der Waals surface area contributed by atoms with Crippen molar-refractivity contribution in [1.82, 2.24) is 10.2 Å². The highest BCUT2D eigenvalue weighted by Crippen LogP contribution is 2.36. The highest BCUT2D eigenvalue weighted by molar-refractivity contribution is 6.42. The van der Waals surface area contributed by atoms with Crippen molar-refractivity contribution in [3.8, 4) is 17.2 Å². The number of anilines is 1. The number of imide groups is 1. The molecule has 0 aliphatic carbocycles. The molecule has 3 aromatic carbocycles. The van der Waals surface area contributed by atoms with Gasteiger partial charge in [-0.2, -0.15) is 0 Å². The Morgan fingerprint density at radius 3 is 2.54 bits per heavy atom. The summed E-state index contributed by atoms with van der Waals surface area (Å²) < 4.78 is 31.0. The van der Waals surface area contributed by atoms with E-state index in [1.165, 1.54) is 30.2 Å². The van der Waals surface area contributed by atoms with Crippen LogP contribution < -0.4 is 20.1 Å². The third-order valence-corrected chi connectivity index (χ3v) is 7.33. The van der Waals surface area contributed by atoms with E-state index in [4.69, 9.17) is 37.4 Å². The summed E-state index contributed by atoms with van der Waals surface area (Å²) in [6, 6.07) is 11.0. The van der Waals surface area contributed by atoms with Crippen LogP contribution >= 0.6 is 23.2 Å². The van der Waals surface area contributed by atoms with Crippen LogP contribution in [0.25, 0.3) is 0 Å². The number of nitrogens with zero attached hydrogens (tertiary/aromatic N) is 1. The molecule has 13 heteroatoms. The molecule has 0 spiro atoms. The number of hydrogen-bond donors (Lipinski definition) is 2. The van der Waals surface area contributed by atoms with E-state index in [9.17, 15) is 23.6 Å². The molecule has 2 aliphatic rings. The molecule has 1 unspecified atom stereocenters. The fourth-order valence-electron chi connectivity index (χ4n) is 4.64.